The van der Waals surface area contributed by atoms with E-state index in [1.807, 2.05) is 26.0 Å². The van der Waals surface area contributed by atoms with E-state index in [4.69, 9.17) is 11.6 Å². The number of ketones is 1. The fraction of sp³-hybridized carbons (Fsp3) is 0.188. The van der Waals surface area contributed by atoms with Crippen LogP contribution in [0.5, 0.6) is 0 Å². The number of Topliss-reactive ketones (excluding diaryl/α,β-unsaturated/α-hetero) is 1. The standard InChI is InChI=1S/C16H14ClFO2S/c1-10-3-5-13(11(2)7-10)16(19)9-21(20)12-4-6-15(18)14(17)8-12/h3-8H,9H2,1-2H3. The number of carbonyl (C=O) groups is 1. The van der Waals surface area contributed by atoms with Crippen LogP contribution in [-0.4, -0.2) is 15.7 Å². The minimum atomic E-state index is -1.55. The average molecular weight is 325 g/mol. The zero-order valence-electron chi connectivity index (χ0n) is 11.7. The van der Waals surface area contributed by atoms with Gasteiger partial charge in [-0.15, -0.1) is 0 Å². The minimum absolute atomic E-state index is 0.0974. The molecule has 2 aromatic rings. The first-order valence-electron chi connectivity index (χ1n) is 6.32. The van der Waals surface area contributed by atoms with E-state index in [0.29, 0.717) is 10.5 Å². The summed E-state index contributed by atoms with van der Waals surface area (Å²) in [6, 6.07) is 9.32. The number of hydrogen-bond donors (Lipinski definition) is 0. The van der Waals surface area contributed by atoms with Gasteiger partial charge in [0.2, 0.25) is 0 Å². The number of halogens is 2. The van der Waals surface area contributed by atoms with Crippen LogP contribution in [0.2, 0.25) is 5.02 Å². The fourth-order valence-electron chi connectivity index (χ4n) is 2.03. The second-order valence-corrected chi connectivity index (χ2v) is 6.67. The van der Waals surface area contributed by atoms with Gasteiger partial charge in [-0.1, -0.05) is 35.4 Å². The first-order chi connectivity index (χ1) is 9.88. The summed E-state index contributed by atoms with van der Waals surface area (Å²) in [5, 5.41) is -0.0974. The molecule has 2 aromatic carbocycles. The second kappa shape index (κ2) is 6.50. The normalized spacial score (nSPS) is 12.2. The Hall–Kier alpha value is -1.52. The molecule has 110 valence electrons. The van der Waals surface area contributed by atoms with Gasteiger partial charge in [-0.05, 0) is 37.6 Å². The van der Waals surface area contributed by atoms with Crippen LogP contribution in [0.3, 0.4) is 0 Å². The van der Waals surface area contributed by atoms with Crippen LogP contribution in [0.4, 0.5) is 4.39 Å². The summed E-state index contributed by atoms with van der Waals surface area (Å²) in [4.78, 5) is 12.6. The van der Waals surface area contributed by atoms with Gasteiger partial charge < -0.3 is 0 Å². The Morgan fingerprint density at radius 1 is 1.19 bits per heavy atom. The van der Waals surface area contributed by atoms with Crippen molar-refractivity contribution < 1.29 is 13.4 Å². The van der Waals surface area contributed by atoms with Crippen LogP contribution >= 0.6 is 11.6 Å². The molecule has 0 bridgehead atoms. The molecule has 0 aliphatic heterocycles. The summed E-state index contributed by atoms with van der Waals surface area (Å²) in [5.74, 6) is -0.921. The molecule has 0 aliphatic rings. The van der Waals surface area contributed by atoms with Crippen molar-refractivity contribution in [3.05, 3.63) is 63.9 Å². The second-order valence-electron chi connectivity index (χ2n) is 4.81. The van der Waals surface area contributed by atoms with E-state index < -0.39 is 16.6 Å². The van der Waals surface area contributed by atoms with Crippen molar-refractivity contribution in [2.45, 2.75) is 18.7 Å². The number of aryl methyl sites for hydroxylation is 2. The molecule has 5 heteroatoms. The Kier molecular flexibility index (Phi) is 4.91. The highest BCUT2D eigenvalue weighted by atomic mass is 35.5. The average Bonchev–Trinajstić information content (AvgIpc) is 2.41. The summed E-state index contributed by atoms with van der Waals surface area (Å²) >= 11 is 5.66. The van der Waals surface area contributed by atoms with Crippen molar-refractivity contribution in [1.29, 1.82) is 0 Å². The first-order valence-corrected chi connectivity index (χ1v) is 8.02. The third-order valence-electron chi connectivity index (χ3n) is 3.10. The van der Waals surface area contributed by atoms with Gasteiger partial charge in [0.25, 0.3) is 0 Å². The van der Waals surface area contributed by atoms with Gasteiger partial charge in [0.1, 0.15) is 5.82 Å². The van der Waals surface area contributed by atoms with Crippen LogP contribution < -0.4 is 0 Å². The Bertz CT molecular complexity index is 728. The SMILES string of the molecule is Cc1ccc(C(=O)CS(=O)c2ccc(F)c(Cl)c2)c(C)c1. The smallest absolute Gasteiger partial charge is 0.175 e. The third kappa shape index (κ3) is 3.77. The molecule has 0 aliphatic carbocycles. The molecule has 1 unspecified atom stereocenters. The molecule has 2 rings (SSSR count). The lowest BCUT2D eigenvalue weighted by Gasteiger charge is -2.07. The minimum Gasteiger partial charge on any atom is -0.293 e. The van der Waals surface area contributed by atoms with Gasteiger partial charge in [-0.3, -0.25) is 9.00 Å². The van der Waals surface area contributed by atoms with E-state index in [1.165, 1.54) is 12.1 Å². The van der Waals surface area contributed by atoms with Gasteiger partial charge >= 0.3 is 0 Å². The zero-order valence-corrected chi connectivity index (χ0v) is 13.2. The molecule has 0 saturated heterocycles. The molecule has 0 aromatic heterocycles. The predicted molar refractivity (Wildman–Crippen MR) is 82.9 cm³/mol. The van der Waals surface area contributed by atoms with Gasteiger partial charge in [0.15, 0.2) is 5.78 Å². The highest BCUT2D eigenvalue weighted by molar-refractivity contribution is 7.85. The first kappa shape index (κ1) is 15.9. The van der Waals surface area contributed by atoms with Gasteiger partial charge in [-0.25, -0.2) is 4.39 Å². The van der Waals surface area contributed by atoms with Crippen LogP contribution in [0.25, 0.3) is 0 Å². The molecule has 0 saturated carbocycles. The van der Waals surface area contributed by atoms with Crippen LogP contribution in [0.15, 0.2) is 41.3 Å². The lowest BCUT2D eigenvalue weighted by molar-refractivity contribution is 0.102. The fourth-order valence-corrected chi connectivity index (χ4v) is 3.30. The predicted octanol–water partition coefficient (Wildman–Crippen LogP) is 4.09. The van der Waals surface area contributed by atoms with Gasteiger partial charge in [-0.2, -0.15) is 0 Å². The van der Waals surface area contributed by atoms with E-state index in [2.05, 4.69) is 0 Å². The topological polar surface area (TPSA) is 34.1 Å². The third-order valence-corrected chi connectivity index (χ3v) is 4.69. The number of hydrogen-bond acceptors (Lipinski definition) is 2. The summed E-state index contributed by atoms with van der Waals surface area (Å²) in [6.45, 7) is 3.79. The Balaban J connectivity index is 2.18. The number of benzene rings is 2. The highest BCUT2D eigenvalue weighted by Gasteiger charge is 2.15. The zero-order chi connectivity index (χ0) is 15.6. The molecule has 21 heavy (non-hydrogen) atoms. The Morgan fingerprint density at radius 2 is 1.90 bits per heavy atom. The molecule has 0 radical (unpaired) electrons. The molecule has 1 atom stereocenters. The van der Waals surface area contributed by atoms with Crippen molar-refractivity contribution in [1.82, 2.24) is 0 Å². The number of rotatable bonds is 4. The van der Waals surface area contributed by atoms with E-state index in [-0.39, 0.29) is 16.6 Å². The van der Waals surface area contributed by atoms with Gasteiger partial charge in [0, 0.05) is 10.5 Å². The summed E-state index contributed by atoms with van der Waals surface area (Å²) < 4.78 is 25.3. The molecular weight excluding hydrogens is 311 g/mol. The molecular formula is C16H14ClFO2S. The lowest BCUT2D eigenvalue weighted by Crippen LogP contribution is -2.12. The van der Waals surface area contributed by atoms with E-state index >= 15 is 0 Å². The van der Waals surface area contributed by atoms with Crippen molar-refractivity contribution in [2.24, 2.45) is 0 Å². The Morgan fingerprint density at radius 3 is 2.52 bits per heavy atom. The van der Waals surface area contributed by atoms with E-state index in [1.54, 1.807) is 6.07 Å². The van der Waals surface area contributed by atoms with Gasteiger partial charge in [0.05, 0.1) is 21.6 Å². The van der Waals surface area contributed by atoms with Crippen molar-refractivity contribution in [3.63, 3.8) is 0 Å². The molecule has 0 fully saturated rings. The summed E-state index contributed by atoms with van der Waals surface area (Å²) in [5.41, 5.74) is 2.48. The van der Waals surface area contributed by atoms with Crippen molar-refractivity contribution in [3.8, 4) is 0 Å². The van der Waals surface area contributed by atoms with Crippen molar-refractivity contribution >= 4 is 28.2 Å². The maximum atomic E-state index is 13.1. The quantitative estimate of drug-likeness (QED) is 0.794. The molecule has 0 spiro atoms. The maximum Gasteiger partial charge on any atom is 0.175 e. The lowest BCUT2D eigenvalue weighted by atomic mass is 10.0. The number of carbonyl (C=O) groups excluding carboxylic acids is 1. The maximum absolute atomic E-state index is 13.1. The van der Waals surface area contributed by atoms with E-state index in [0.717, 1.165) is 17.2 Å². The van der Waals surface area contributed by atoms with E-state index in [9.17, 15) is 13.4 Å². The van der Waals surface area contributed by atoms with Crippen LogP contribution in [0, 0.1) is 19.7 Å². The highest BCUT2D eigenvalue weighted by Crippen LogP contribution is 2.19. The van der Waals surface area contributed by atoms with Crippen LogP contribution in [-0.2, 0) is 10.8 Å². The molecule has 0 N–H and O–H groups in total. The Labute approximate surface area is 130 Å². The van der Waals surface area contributed by atoms with Crippen molar-refractivity contribution in [2.75, 3.05) is 5.75 Å². The molecule has 0 amide bonds. The summed E-state index contributed by atoms with van der Waals surface area (Å²) in [6.07, 6.45) is 0. The molecule has 2 nitrogen and oxygen atoms in total. The van der Waals surface area contributed by atoms with Crippen LogP contribution in [0.1, 0.15) is 21.5 Å². The molecule has 0 heterocycles. The largest absolute Gasteiger partial charge is 0.293 e. The summed E-state index contributed by atoms with van der Waals surface area (Å²) in [7, 11) is -1.55. The monoisotopic (exact) mass is 324 g/mol.